The molecule has 2 N–H and O–H groups in total. The van der Waals surface area contributed by atoms with Crippen molar-refractivity contribution in [3.05, 3.63) is 29.3 Å². The molecule has 0 aliphatic carbocycles. The van der Waals surface area contributed by atoms with Crippen molar-refractivity contribution in [3.8, 4) is 5.75 Å². The van der Waals surface area contributed by atoms with Crippen LogP contribution in [0.15, 0.2) is 18.2 Å². The first kappa shape index (κ1) is 13.3. The second-order valence-corrected chi connectivity index (χ2v) is 3.09. The summed E-state index contributed by atoms with van der Waals surface area (Å²) in [6, 6.07) is 2.42. The molecule has 1 aromatic rings. The zero-order chi connectivity index (χ0) is 13.1. The molecule has 0 saturated heterocycles. The molecule has 0 atom stereocenters. The van der Waals surface area contributed by atoms with Crippen LogP contribution in [0.4, 0.5) is 13.2 Å². The first-order chi connectivity index (χ1) is 7.86. The molecule has 1 aromatic carbocycles. The van der Waals surface area contributed by atoms with Crippen LogP contribution >= 0.6 is 0 Å². The number of hydrogen-bond donors (Lipinski definition) is 2. The number of aromatic carboxylic acids is 1. The van der Waals surface area contributed by atoms with Crippen LogP contribution in [0.5, 0.6) is 5.75 Å². The maximum absolute atomic E-state index is 12.6. The van der Waals surface area contributed by atoms with E-state index in [2.05, 4.69) is 4.74 Å². The van der Waals surface area contributed by atoms with Gasteiger partial charge in [-0.1, -0.05) is 0 Å². The fourth-order valence-electron chi connectivity index (χ4n) is 1.17. The van der Waals surface area contributed by atoms with Crippen molar-refractivity contribution in [1.29, 1.82) is 0 Å². The van der Waals surface area contributed by atoms with Gasteiger partial charge in [0.05, 0.1) is 17.7 Å². The lowest BCUT2D eigenvalue weighted by molar-refractivity contribution is -0.139. The van der Waals surface area contributed by atoms with E-state index in [9.17, 15) is 18.0 Å². The summed E-state index contributed by atoms with van der Waals surface area (Å²) in [5, 5.41) is 17.1. The summed E-state index contributed by atoms with van der Waals surface area (Å²) in [5.74, 6) is -1.96. The largest absolute Gasteiger partial charge is 0.491 e. The lowest BCUT2D eigenvalue weighted by Crippen LogP contribution is -2.12. The number of ether oxygens (including phenoxy) is 1. The lowest BCUT2D eigenvalue weighted by Gasteiger charge is -2.13. The molecule has 0 aliphatic rings. The Morgan fingerprint density at radius 2 is 2.00 bits per heavy atom. The standard InChI is InChI=1S/C10H9F3O4/c11-10(12,13)7-5-6(9(15)16)1-2-8(7)17-4-3-14/h1-2,5,14H,3-4H2,(H,15,16). The summed E-state index contributed by atoms with van der Waals surface area (Å²) >= 11 is 0. The number of carbonyl (C=O) groups is 1. The third-order valence-electron chi connectivity index (χ3n) is 1.88. The maximum atomic E-state index is 12.6. The summed E-state index contributed by atoms with van der Waals surface area (Å²) in [6.45, 7) is -0.729. The van der Waals surface area contributed by atoms with Gasteiger partial charge in [-0.05, 0) is 18.2 Å². The van der Waals surface area contributed by atoms with Crippen LogP contribution in [0.25, 0.3) is 0 Å². The van der Waals surface area contributed by atoms with Gasteiger partial charge >= 0.3 is 12.1 Å². The van der Waals surface area contributed by atoms with Crippen LogP contribution in [0.3, 0.4) is 0 Å². The third-order valence-corrected chi connectivity index (χ3v) is 1.88. The molecule has 1 rings (SSSR count). The predicted molar refractivity (Wildman–Crippen MR) is 51.0 cm³/mol. The Bertz CT molecular complexity index is 415. The molecule has 0 spiro atoms. The Balaban J connectivity index is 3.17. The molecule has 0 saturated carbocycles. The molecule has 7 heteroatoms. The maximum Gasteiger partial charge on any atom is 0.419 e. The van der Waals surface area contributed by atoms with Gasteiger partial charge in [-0.15, -0.1) is 0 Å². The van der Waals surface area contributed by atoms with Gasteiger partial charge < -0.3 is 14.9 Å². The minimum Gasteiger partial charge on any atom is -0.491 e. The lowest BCUT2D eigenvalue weighted by atomic mass is 10.1. The van der Waals surface area contributed by atoms with E-state index in [0.29, 0.717) is 6.07 Å². The fourth-order valence-corrected chi connectivity index (χ4v) is 1.17. The van der Waals surface area contributed by atoms with Crippen LogP contribution in [0, 0.1) is 0 Å². The Morgan fingerprint density at radius 1 is 1.35 bits per heavy atom. The Kier molecular flexibility index (Phi) is 3.95. The van der Waals surface area contributed by atoms with Crippen molar-refractivity contribution in [1.82, 2.24) is 0 Å². The van der Waals surface area contributed by atoms with Gasteiger partial charge in [-0.25, -0.2) is 4.79 Å². The van der Waals surface area contributed by atoms with Crippen molar-refractivity contribution in [3.63, 3.8) is 0 Å². The van der Waals surface area contributed by atoms with Gasteiger partial charge in [0.2, 0.25) is 0 Å². The Morgan fingerprint density at radius 3 is 2.47 bits per heavy atom. The minimum atomic E-state index is -4.71. The van der Waals surface area contributed by atoms with Gasteiger partial charge in [0.15, 0.2) is 0 Å². The number of alkyl halides is 3. The first-order valence-corrected chi connectivity index (χ1v) is 4.54. The van der Waals surface area contributed by atoms with Crippen LogP contribution in [0.1, 0.15) is 15.9 Å². The average Bonchev–Trinajstić information content (AvgIpc) is 2.24. The van der Waals surface area contributed by atoms with E-state index in [-0.39, 0.29) is 6.61 Å². The van der Waals surface area contributed by atoms with Crippen molar-refractivity contribution < 1.29 is 32.9 Å². The molecule has 0 amide bonds. The number of aliphatic hydroxyl groups excluding tert-OH is 1. The highest BCUT2D eigenvalue weighted by Crippen LogP contribution is 2.36. The molecule has 4 nitrogen and oxygen atoms in total. The highest BCUT2D eigenvalue weighted by Gasteiger charge is 2.35. The summed E-state index contributed by atoms with van der Waals surface area (Å²) in [4.78, 5) is 10.6. The smallest absolute Gasteiger partial charge is 0.419 e. The minimum absolute atomic E-state index is 0.296. The van der Waals surface area contributed by atoms with Gasteiger partial charge in [0, 0.05) is 0 Å². The van der Waals surface area contributed by atoms with E-state index >= 15 is 0 Å². The number of carboxylic acid groups (broad SMARTS) is 1. The topological polar surface area (TPSA) is 66.8 Å². The van der Waals surface area contributed by atoms with Crippen molar-refractivity contribution in [2.24, 2.45) is 0 Å². The van der Waals surface area contributed by atoms with Gasteiger partial charge in [0.25, 0.3) is 0 Å². The number of hydrogen-bond acceptors (Lipinski definition) is 3. The summed E-state index contributed by atoms with van der Waals surface area (Å²) in [5.41, 5.74) is -1.65. The van der Waals surface area contributed by atoms with Crippen molar-refractivity contribution >= 4 is 5.97 Å². The zero-order valence-electron chi connectivity index (χ0n) is 8.49. The molecular formula is C10H9F3O4. The van der Waals surface area contributed by atoms with Gasteiger partial charge in [-0.3, -0.25) is 0 Å². The molecule has 0 unspecified atom stereocenters. The monoisotopic (exact) mass is 250 g/mol. The highest BCUT2D eigenvalue weighted by atomic mass is 19.4. The molecule has 17 heavy (non-hydrogen) atoms. The predicted octanol–water partition coefficient (Wildman–Crippen LogP) is 1.77. The van der Waals surface area contributed by atoms with Crippen LogP contribution in [0.2, 0.25) is 0 Å². The molecule has 0 aromatic heterocycles. The van der Waals surface area contributed by atoms with E-state index < -0.39 is 35.6 Å². The first-order valence-electron chi connectivity index (χ1n) is 4.54. The summed E-state index contributed by atoms with van der Waals surface area (Å²) in [6.07, 6.45) is -4.71. The molecule has 0 heterocycles. The summed E-state index contributed by atoms with van der Waals surface area (Å²) < 4.78 is 42.4. The number of aliphatic hydroxyl groups is 1. The van der Waals surface area contributed by atoms with Crippen molar-refractivity contribution in [2.75, 3.05) is 13.2 Å². The van der Waals surface area contributed by atoms with Gasteiger partial charge in [-0.2, -0.15) is 13.2 Å². The second kappa shape index (κ2) is 5.05. The zero-order valence-corrected chi connectivity index (χ0v) is 8.49. The SMILES string of the molecule is O=C(O)c1ccc(OCCO)c(C(F)(F)F)c1. The van der Waals surface area contributed by atoms with E-state index in [1.165, 1.54) is 0 Å². The number of carboxylic acids is 1. The van der Waals surface area contributed by atoms with Crippen LogP contribution in [-0.4, -0.2) is 29.4 Å². The second-order valence-electron chi connectivity index (χ2n) is 3.09. The summed E-state index contributed by atoms with van der Waals surface area (Å²) in [7, 11) is 0. The van der Waals surface area contributed by atoms with Crippen LogP contribution in [-0.2, 0) is 6.18 Å². The Hall–Kier alpha value is -1.76. The van der Waals surface area contributed by atoms with Crippen molar-refractivity contribution in [2.45, 2.75) is 6.18 Å². The molecular weight excluding hydrogens is 241 g/mol. The van der Waals surface area contributed by atoms with E-state index in [4.69, 9.17) is 10.2 Å². The number of halogens is 3. The number of rotatable bonds is 4. The van der Waals surface area contributed by atoms with E-state index in [1.807, 2.05) is 0 Å². The molecule has 0 bridgehead atoms. The van der Waals surface area contributed by atoms with E-state index in [0.717, 1.165) is 12.1 Å². The normalized spacial score (nSPS) is 11.3. The quantitative estimate of drug-likeness (QED) is 0.854. The molecule has 0 fully saturated rings. The van der Waals surface area contributed by atoms with Crippen LogP contribution < -0.4 is 4.74 Å². The number of benzene rings is 1. The van der Waals surface area contributed by atoms with E-state index in [1.54, 1.807) is 0 Å². The average molecular weight is 250 g/mol. The Labute approximate surface area is 94.3 Å². The fraction of sp³-hybridized carbons (Fsp3) is 0.300. The molecule has 0 radical (unpaired) electrons. The third kappa shape index (κ3) is 3.35. The molecule has 94 valence electrons. The molecule has 0 aliphatic heterocycles. The highest BCUT2D eigenvalue weighted by molar-refractivity contribution is 5.88. The van der Waals surface area contributed by atoms with Gasteiger partial charge in [0.1, 0.15) is 12.4 Å².